The fraction of sp³-hybridized carbons (Fsp3) is 0.591. The van der Waals surface area contributed by atoms with Crippen molar-refractivity contribution < 1.29 is 14.4 Å². The van der Waals surface area contributed by atoms with Crippen LogP contribution in [0.5, 0.6) is 0 Å². The van der Waals surface area contributed by atoms with E-state index in [9.17, 15) is 14.4 Å². The number of carbonyl (C=O) groups is 3. The lowest BCUT2D eigenvalue weighted by Gasteiger charge is -2.44. The van der Waals surface area contributed by atoms with Crippen LogP contribution in [0.3, 0.4) is 0 Å². The number of benzene rings is 1. The molecule has 0 radical (unpaired) electrons. The lowest BCUT2D eigenvalue weighted by Crippen LogP contribution is -2.53. The summed E-state index contributed by atoms with van der Waals surface area (Å²) in [5.74, 6) is 0.0316. The second-order valence-electron chi connectivity index (χ2n) is 8.78. The smallest absolute Gasteiger partial charge is 0.255 e. The number of amides is 3. The van der Waals surface area contributed by atoms with Crippen LogP contribution >= 0.6 is 0 Å². The molecule has 3 saturated heterocycles. The van der Waals surface area contributed by atoms with Crippen LogP contribution in [0.25, 0.3) is 0 Å². The Kier molecular flexibility index (Phi) is 4.87. The van der Waals surface area contributed by atoms with Gasteiger partial charge in [-0.25, -0.2) is 0 Å². The molecular weight excluding hydrogens is 368 g/mol. The van der Waals surface area contributed by atoms with Crippen molar-refractivity contribution in [3.63, 3.8) is 0 Å². The second kappa shape index (κ2) is 7.54. The first-order valence-corrected chi connectivity index (χ1v) is 10.8. The summed E-state index contributed by atoms with van der Waals surface area (Å²) in [6.07, 6.45) is 4.34. The summed E-state index contributed by atoms with van der Waals surface area (Å²) in [6.45, 7) is 4.47. The summed E-state index contributed by atoms with van der Waals surface area (Å²) >= 11 is 0. The SMILES string of the molecule is O=C1CCC(N2Cc3cccc(CN4CCCC5CNCCC54)c3C2=O)C(=O)N1. The van der Waals surface area contributed by atoms with E-state index in [2.05, 4.69) is 21.6 Å². The first kappa shape index (κ1) is 18.8. The van der Waals surface area contributed by atoms with Gasteiger partial charge in [0.2, 0.25) is 11.8 Å². The molecule has 5 rings (SSSR count). The number of rotatable bonds is 3. The highest BCUT2D eigenvalue weighted by Gasteiger charge is 2.40. The van der Waals surface area contributed by atoms with E-state index in [1.54, 1.807) is 4.90 Å². The molecule has 3 fully saturated rings. The van der Waals surface area contributed by atoms with Gasteiger partial charge >= 0.3 is 0 Å². The zero-order chi connectivity index (χ0) is 20.0. The van der Waals surface area contributed by atoms with Gasteiger partial charge < -0.3 is 10.2 Å². The molecule has 4 aliphatic heterocycles. The number of nitrogens with one attached hydrogen (secondary N) is 2. The van der Waals surface area contributed by atoms with E-state index in [0.717, 1.165) is 49.3 Å². The summed E-state index contributed by atoms with van der Waals surface area (Å²) in [4.78, 5) is 41.3. The molecule has 1 aromatic rings. The van der Waals surface area contributed by atoms with Crippen molar-refractivity contribution in [1.29, 1.82) is 0 Å². The monoisotopic (exact) mass is 396 g/mol. The Morgan fingerprint density at radius 3 is 2.86 bits per heavy atom. The molecule has 0 aliphatic carbocycles. The van der Waals surface area contributed by atoms with Crippen molar-refractivity contribution in [2.75, 3.05) is 19.6 Å². The van der Waals surface area contributed by atoms with Crippen molar-refractivity contribution in [3.05, 3.63) is 34.9 Å². The number of fused-ring (bicyclic) bond motifs is 2. The average Bonchev–Trinajstić information content (AvgIpc) is 3.06. The predicted molar refractivity (Wildman–Crippen MR) is 107 cm³/mol. The maximum Gasteiger partial charge on any atom is 0.255 e. The Balaban J connectivity index is 1.37. The lowest BCUT2D eigenvalue weighted by molar-refractivity contribution is -0.136. The Bertz CT molecular complexity index is 852. The van der Waals surface area contributed by atoms with Crippen LogP contribution in [0, 0.1) is 5.92 Å². The molecule has 29 heavy (non-hydrogen) atoms. The van der Waals surface area contributed by atoms with Gasteiger partial charge in [-0.1, -0.05) is 18.2 Å². The number of carbonyl (C=O) groups excluding carboxylic acids is 3. The van der Waals surface area contributed by atoms with E-state index >= 15 is 0 Å². The highest BCUT2D eigenvalue weighted by molar-refractivity contribution is 6.05. The Hall–Kier alpha value is -2.25. The summed E-state index contributed by atoms with van der Waals surface area (Å²) in [5.41, 5.74) is 2.84. The minimum atomic E-state index is -0.552. The first-order chi connectivity index (χ1) is 14.1. The fourth-order valence-electron chi connectivity index (χ4n) is 5.64. The maximum absolute atomic E-state index is 13.3. The van der Waals surface area contributed by atoms with E-state index in [-0.39, 0.29) is 24.1 Å². The van der Waals surface area contributed by atoms with Gasteiger partial charge in [-0.05, 0) is 62.4 Å². The van der Waals surface area contributed by atoms with Crippen molar-refractivity contribution >= 4 is 17.7 Å². The lowest BCUT2D eigenvalue weighted by atomic mass is 9.84. The molecule has 1 aromatic carbocycles. The van der Waals surface area contributed by atoms with E-state index in [1.165, 1.54) is 12.8 Å². The summed E-state index contributed by atoms with van der Waals surface area (Å²) in [5, 5.41) is 5.90. The van der Waals surface area contributed by atoms with Crippen LogP contribution < -0.4 is 10.6 Å². The standard InChI is InChI=1S/C22H28N4O3/c27-19-7-6-18(21(28)24-19)26-13-16-4-1-3-15(20(16)22(26)29)12-25-10-2-5-14-11-23-9-8-17(14)25/h1,3-4,14,17-18,23H,2,5-13H2,(H,24,27,28). The Labute approximate surface area is 170 Å². The summed E-state index contributed by atoms with van der Waals surface area (Å²) in [6, 6.07) is 6.12. The third kappa shape index (κ3) is 3.36. The molecule has 3 atom stereocenters. The highest BCUT2D eigenvalue weighted by atomic mass is 16.2. The zero-order valence-corrected chi connectivity index (χ0v) is 16.7. The van der Waals surface area contributed by atoms with E-state index in [0.29, 0.717) is 24.9 Å². The third-order valence-electron chi connectivity index (χ3n) is 7.07. The fourth-order valence-corrected chi connectivity index (χ4v) is 5.64. The van der Waals surface area contributed by atoms with Gasteiger partial charge in [-0.3, -0.25) is 24.6 Å². The quantitative estimate of drug-likeness (QED) is 0.746. The molecule has 154 valence electrons. The Morgan fingerprint density at radius 1 is 1.10 bits per heavy atom. The van der Waals surface area contributed by atoms with Crippen LogP contribution in [0.15, 0.2) is 18.2 Å². The minimum Gasteiger partial charge on any atom is -0.322 e. The topological polar surface area (TPSA) is 81.8 Å². The van der Waals surface area contributed by atoms with Gasteiger partial charge in [0.15, 0.2) is 0 Å². The van der Waals surface area contributed by atoms with Gasteiger partial charge in [-0.2, -0.15) is 0 Å². The molecule has 2 N–H and O–H groups in total. The van der Waals surface area contributed by atoms with Gasteiger partial charge in [0.1, 0.15) is 6.04 Å². The molecule has 3 amide bonds. The largest absolute Gasteiger partial charge is 0.322 e. The zero-order valence-electron chi connectivity index (χ0n) is 16.7. The van der Waals surface area contributed by atoms with Crippen LogP contribution in [-0.2, 0) is 22.7 Å². The van der Waals surface area contributed by atoms with Crippen LogP contribution in [-0.4, -0.2) is 59.2 Å². The number of imide groups is 1. The van der Waals surface area contributed by atoms with Crippen LogP contribution in [0.4, 0.5) is 0 Å². The first-order valence-electron chi connectivity index (χ1n) is 10.8. The van der Waals surface area contributed by atoms with E-state index in [4.69, 9.17) is 0 Å². The molecule has 4 heterocycles. The van der Waals surface area contributed by atoms with Crippen LogP contribution in [0.2, 0.25) is 0 Å². The highest BCUT2D eigenvalue weighted by Crippen LogP contribution is 2.33. The van der Waals surface area contributed by atoms with Gasteiger partial charge in [0.05, 0.1) is 0 Å². The van der Waals surface area contributed by atoms with Crippen molar-refractivity contribution in [2.24, 2.45) is 5.92 Å². The molecule has 0 aromatic heterocycles. The van der Waals surface area contributed by atoms with E-state index < -0.39 is 6.04 Å². The van der Waals surface area contributed by atoms with Crippen molar-refractivity contribution in [3.8, 4) is 0 Å². The minimum absolute atomic E-state index is 0.0658. The van der Waals surface area contributed by atoms with E-state index in [1.807, 2.05) is 12.1 Å². The molecule has 3 unspecified atom stereocenters. The third-order valence-corrected chi connectivity index (χ3v) is 7.07. The summed E-state index contributed by atoms with van der Waals surface area (Å²) in [7, 11) is 0. The normalized spacial score (nSPS) is 30.1. The molecular formula is C22H28N4O3. The van der Waals surface area contributed by atoms with Gasteiger partial charge in [0.25, 0.3) is 5.91 Å². The Morgan fingerprint density at radius 2 is 2.00 bits per heavy atom. The van der Waals surface area contributed by atoms with Gasteiger partial charge in [0, 0.05) is 31.1 Å². The van der Waals surface area contributed by atoms with Gasteiger partial charge in [-0.15, -0.1) is 0 Å². The number of nitrogens with zero attached hydrogens (tertiary/aromatic N) is 2. The van der Waals surface area contributed by atoms with Crippen molar-refractivity contribution in [2.45, 2.75) is 57.3 Å². The number of piperidine rings is 3. The molecule has 7 heteroatoms. The van der Waals surface area contributed by atoms with Crippen LogP contribution in [0.1, 0.15) is 53.6 Å². The molecule has 0 spiro atoms. The predicted octanol–water partition coefficient (Wildman–Crippen LogP) is 1.02. The summed E-state index contributed by atoms with van der Waals surface area (Å²) < 4.78 is 0. The molecule has 0 saturated carbocycles. The molecule has 4 aliphatic rings. The second-order valence-corrected chi connectivity index (χ2v) is 8.78. The maximum atomic E-state index is 13.3. The average molecular weight is 396 g/mol. The molecule has 7 nitrogen and oxygen atoms in total. The molecule has 0 bridgehead atoms. The number of hydrogen-bond acceptors (Lipinski definition) is 5. The number of likely N-dealkylation sites (tertiary alicyclic amines) is 1. The number of hydrogen-bond donors (Lipinski definition) is 2. The van der Waals surface area contributed by atoms with Crippen molar-refractivity contribution in [1.82, 2.24) is 20.4 Å².